The van der Waals surface area contributed by atoms with Crippen LogP contribution in [0.1, 0.15) is 17.3 Å². The Balaban J connectivity index is 3.29. The average molecular weight is 426 g/mol. The summed E-state index contributed by atoms with van der Waals surface area (Å²) in [7, 11) is -0.698. The van der Waals surface area contributed by atoms with E-state index < -0.39 is 10.0 Å². The van der Waals surface area contributed by atoms with Crippen LogP contribution in [0.15, 0.2) is 23.1 Å². The first kappa shape index (κ1) is 18.3. The number of benzene rings is 1. The second-order valence-corrected chi connectivity index (χ2v) is 7.85. The van der Waals surface area contributed by atoms with Gasteiger partial charge in [0.25, 0.3) is 5.91 Å². The number of hydrogen-bond acceptors (Lipinski definition) is 4. The Hall–Kier alpha value is -0.710. The topological polar surface area (TPSA) is 77.9 Å². The van der Waals surface area contributed by atoms with Gasteiger partial charge < -0.3 is 10.0 Å². The molecule has 1 amide bonds. The zero-order valence-corrected chi connectivity index (χ0v) is 15.2. The largest absolute Gasteiger partial charge is 0.395 e. The number of halogens is 1. The van der Waals surface area contributed by atoms with Crippen LogP contribution in [0.4, 0.5) is 0 Å². The first-order valence-corrected chi connectivity index (χ1v) is 8.89. The summed E-state index contributed by atoms with van der Waals surface area (Å²) in [6, 6.07) is 4.48. The first-order valence-electron chi connectivity index (χ1n) is 6.37. The van der Waals surface area contributed by atoms with Crippen molar-refractivity contribution in [2.24, 2.45) is 0 Å². The van der Waals surface area contributed by atoms with Crippen molar-refractivity contribution in [2.75, 3.05) is 33.8 Å². The van der Waals surface area contributed by atoms with Crippen LogP contribution in [-0.4, -0.2) is 62.4 Å². The molecule has 0 saturated heterocycles. The second-order valence-electron chi connectivity index (χ2n) is 4.54. The molecule has 1 N–H and O–H groups in total. The molecule has 1 aromatic carbocycles. The molecule has 0 radical (unpaired) electrons. The fraction of sp³-hybridized carbons (Fsp3) is 0.462. The van der Waals surface area contributed by atoms with E-state index in [2.05, 4.69) is 0 Å². The smallest absolute Gasteiger partial charge is 0.255 e. The summed E-state index contributed by atoms with van der Waals surface area (Å²) in [4.78, 5) is 14.0. The van der Waals surface area contributed by atoms with Gasteiger partial charge in [-0.05, 0) is 47.7 Å². The third-order valence-corrected chi connectivity index (χ3v) is 5.74. The lowest BCUT2D eigenvalue weighted by Crippen LogP contribution is -2.34. The number of amides is 1. The molecule has 8 heteroatoms. The maximum Gasteiger partial charge on any atom is 0.255 e. The number of carbonyl (C=O) groups excluding carboxylic acids is 1. The third kappa shape index (κ3) is 4.15. The summed E-state index contributed by atoms with van der Waals surface area (Å²) in [6.45, 7) is 2.34. The van der Waals surface area contributed by atoms with Crippen molar-refractivity contribution in [3.05, 3.63) is 27.3 Å². The van der Waals surface area contributed by atoms with E-state index in [1.54, 1.807) is 13.0 Å². The monoisotopic (exact) mass is 426 g/mol. The quantitative estimate of drug-likeness (QED) is 0.689. The number of hydrogen-bond donors (Lipinski definition) is 1. The van der Waals surface area contributed by atoms with E-state index in [1.165, 1.54) is 31.1 Å². The molecule has 1 aromatic rings. The Kier molecular flexibility index (Phi) is 6.57. The minimum absolute atomic E-state index is 0.0799. The summed E-state index contributed by atoms with van der Waals surface area (Å²) in [6.07, 6.45) is 0. The number of aliphatic hydroxyl groups is 1. The van der Waals surface area contributed by atoms with E-state index in [9.17, 15) is 13.2 Å². The van der Waals surface area contributed by atoms with Crippen LogP contribution < -0.4 is 0 Å². The Morgan fingerprint density at radius 1 is 1.33 bits per heavy atom. The van der Waals surface area contributed by atoms with Crippen molar-refractivity contribution < 1.29 is 18.3 Å². The van der Waals surface area contributed by atoms with Gasteiger partial charge in [-0.15, -0.1) is 0 Å². The molecule has 0 unspecified atom stereocenters. The highest BCUT2D eigenvalue weighted by Crippen LogP contribution is 2.21. The molecular weight excluding hydrogens is 407 g/mol. The number of carbonyl (C=O) groups is 1. The number of aliphatic hydroxyl groups excluding tert-OH is 1. The third-order valence-electron chi connectivity index (χ3n) is 2.99. The van der Waals surface area contributed by atoms with E-state index in [4.69, 9.17) is 5.11 Å². The molecule has 0 heterocycles. The number of nitrogens with zero attached hydrogens (tertiary/aromatic N) is 2. The lowest BCUT2D eigenvalue weighted by molar-refractivity contribution is 0.0730. The maximum absolute atomic E-state index is 12.4. The molecule has 0 atom stereocenters. The van der Waals surface area contributed by atoms with Crippen LogP contribution >= 0.6 is 22.6 Å². The van der Waals surface area contributed by atoms with Gasteiger partial charge in [-0.3, -0.25) is 4.79 Å². The minimum Gasteiger partial charge on any atom is -0.395 e. The fourth-order valence-corrected chi connectivity index (χ4v) is 3.23. The fourth-order valence-electron chi connectivity index (χ4n) is 1.73. The van der Waals surface area contributed by atoms with Crippen molar-refractivity contribution in [3.8, 4) is 0 Å². The summed E-state index contributed by atoms with van der Waals surface area (Å²) >= 11 is 2.00. The lowest BCUT2D eigenvalue weighted by atomic mass is 10.2. The molecule has 6 nitrogen and oxygen atoms in total. The molecule has 21 heavy (non-hydrogen) atoms. The summed E-state index contributed by atoms with van der Waals surface area (Å²) in [5.41, 5.74) is 0.328. The highest BCUT2D eigenvalue weighted by atomic mass is 127. The molecule has 0 aliphatic rings. The van der Waals surface area contributed by atoms with Crippen LogP contribution in [0.2, 0.25) is 0 Å². The Bertz CT molecular complexity index is 617. The molecule has 1 rings (SSSR count). The van der Waals surface area contributed by atoms with Crippen LogP contribution in [-0.2, 0) is 10.0 Å². The Labute approximate surface area is 138 Å². The van der Waals surface area contributed by atoms with Gasteiger partial charge in [-0.1, -0.05) is 0 Å². The van der Waals surface area contributed by atoms with Crippen LogP contribution in [0.3, 0.4) is 0 Å². The average Bonchev–Trinajstić information content (AvgIpc) is 2.44. The number of likely N-dealkylation sites (N-methyl/N-ethyl adjacent to an activating group) is 1. The van der Waals surface area contributed by atoms with Crippen LogP contribution in [0, 0.1) is 3.57 Å². The second kappa shape index (κ2) is 7.52. The highest BCUT2D eigenvalue weighted by molar-refractivity contribution is 14.1. The SMILES string of the molecule is CCN(CCO)C(=O)c1cc(S(=O)(=O)N(C)C)ccc1I. The first-order chi connectivity index (χ1) is 9.75. The van der Waals surface area contributed by atoms with Crippen molar-refractivity contribution >= 4 is 38.5 Å². The molecule has 0 saturated carbocycles. The molecular formula is C13H19IN2O4S. The van der Waals surface area contributed by atoms with Crippen molar-refractivity contribution in [2.45, 2.75) is 11.8 Å². The maximum atomic E-state index is 12.4. The van der Waals surface area contributed by atoms with Gasteiger partial charge in [-0.2, -0.15) is 0 Å². The van der Waals surface area contributed by atoms with E-state index in [1.807, 2.05) is 22.6 Å². The van der Waals surface area contributed by atoms with Gasteiger partial charge in [0.2, 0.25) is 10.0 Å². The van der Waals surface area contributed by atoms with Crippen molar-refractivity contribution in [1.29, 1.82) is 0 Å². The van der Waals surface area contributed by atoms with Gasteiger partial charge >= 0.3 is 0 Å². The zero-order valence-electron chi connectivity index (χ0n) is 12.2. The van der Waals surface area contributed by atoms with Crippen molar-refractivity contribution in [3.63, 3.8) is 0 Å². The lowest BCUT2D eigenvalue weighted by Gasteiger charge is -2.21. The van der Waals surface area contributed by atoms with E-state index in [0.29, 0.717) is 15.7 Å². The predicted octanol–water partition coefficient (Wildman–Crippen LogP) is 0.996. The van der Waals surface area contributed by atoms with E-state index in [-0.39, 0.29) is 24.0 Å². The van der Waals surface area contributed by atoms with E-state index in [0.717, 1.165) is 4.31 Å². The standard InChI is InChI=1S/C13H19IN2O4S/c1-4-16(7-8-17)13(18)11-9-10(5-6-12(11)14)21(19,20)15(2)3/h5-6,9,17H,4,7-8H2,1-3H3. The molecule has 118 valence electrons. The Morgan fingerprint density at radius 3 is 2.43 bits per heavy atom. The van der Waals surface area contributed by atoms with Gasteiger partial charge in [-0.25, -0.2) is 12.7 Å². The Morgan fingerprint density at radius 2 is 1.95 bits per heavy atom. The zero-order chi connectivity index (χ0) is 16.2. The number of sulfonamides is 1. The molecule has 0 spiro atoms. The van der Waals surface area contributed by atoms with E-state index >= 15 is 0 Å². The minimum atomic E-state index is -3.58. The molecule has 0 aliphatic heterocycles. The highest BCUT2D eigenvalue weighted by Gasteiger charge is 2.22. The molecule has 0 bridgehead atoms. The van der Waals surface area contributed by atoms with Gasteiger partial charge in [0.05, 0.1) is 17.1 Å². The molecule has 0 fully saturated rings. The number of rotatable bonds is 6. The van der Waals surface area contributed by atoms with Gasteiger partial charge in [0, 0.05) is 30.8 Å². The summed E-state index contributed by atoms with van der Waals surface area (Å²) in [5, 5.41) is 8.99. The summed E-state index contributed by atoms with van der Waals surface area (Å²) < 4.78 is 26.1. The van der Waals surface area contributed by atoms with Gasteiger partial charge in [0.15, 0.2) is 0 Å². The molecule has 0 aromatic heterocycles. The summed E-state index contributed by atoms with van der Waals surface area (Å²) in [5.74, 6) is -0.285. The molecule has 0 aliphatic carbocycles. The normalized spacial score (nSPS) is 11.7. The predicted molar refractivity (Wildman–Crippen MR) is 88.7 cm³/mol. The van der Waals surface area contributed by atoms with Gasteiger partial charge in [0.1, 0.15) is 0 Å². The van der Waals surface area contributed by atoms with Crippen LogP contribution in [0.25, 0.3) is 0 Å². The van der Waals surface area contributed by atoms with Crippen molar-refractivity contribution in [1.82, 2.24) is 9.21 Å². The van der Waals surface area contributed by atoms with Crippen LogP contribution in [0.5, 0.6) is 0 Å².